The molecule has 4 nitrogen and oxygen atoms in total. The van der Waals surface area contributed by atoms with Gasteiger partial charge in [-0.2, -0.15) is 5.26 Å². The molecule has 1 aliphatic rings. The van der Waals surface area contributed by atoms with E-state index in [0.717, 1.165) is 12.8 Å². The maximum absolute atomic E-state index is 9.02. The minimum Gasteiger partial charge on any atom is -0.397 e. The van der Waals surface area contributed by atoms with Gasteiger partial charge in [-0.3, -0.25) is 0 Å². The van der Waals surface area contributed by atoms with Crippen LogP contribution in [0.3, 0.4) is 0 Å². The lowest BCUT2D eigenvalue weighted by molar-refractivity contribution is 0.531. The van der Waals surface area contributed by atoms with Gasteiger partial charge in [0.1, 0.15) is 11.9 Å². The number of nitrogens with zero attached hydrogens (tertiary/aromatic N) is 2. The zero-order chi connectivity index (χ0) is 11.6. The zero-order valence-electron chi connectivity index (χ0n) is 9.45. The van der Waals surface area contributed by atoms with Crippen molar-refractivity contribution >= 4 is 11.5 Å². The lowest BCUT2D eigenvalue weighted by atomic mass is 10.0. The number of rotatable bonds is 2. The molecular formula is C12H16N4. The van der Waals surface area contributed by atoms with Crippen molar-refractivity contribution in [3.63, 3.8) is 0 Å². The topological polar surface area (TPSA) is 74.7 Å². The van der Waals surface area contributed by atoms with Crippen LogP contribution >= 0.6 is 0 Å². The number of nitriles is 1. The van der Waals surface area contributed by atoms with Gasteiger partial charge >= 0.3 is 0 Å². The number of hydrogen-bond acceptors (Lipinski definition) is 4. The van der Waals surface area contributed by atoms with Crippen LogP contribution in [0.5, 0.6) is 0 Å². The quantitative estimate of drug-likeness (QED) is 0.795. The van der Waals surface area contributed by atoms with Gasteiger partial charge < -0.3 is 11.1 Å². The standard InChI is InChI=1S/C12H16N4/c1-12(4-2-3-5-12)16-11-9(7-13)6-10(14)8-15-11/h6,8H,2-5,14H2,1H3,(H,15,16). The molecule has 16 heavy (non-hydrogen) atoms. The van der Waals surface area contributed by atoms with E-state index in [1.54, 1.807) is 12.3 Å². The molecule has 0 aliphatic heterocycles. The van der Waals surface area contributed by atoms with Crippen LogP contribution in [0.25, 0.3) is 0 Å². The minimum atomic E-state index is 0.0781. The van der Waals surface area contributed by atoms with Gasteiger partial charge in [-0.15, -0.1) is 0 Å². The number of anilines is 2. The molecule has 1 fully saturated rings. The molecule has 1 heterocycles. The highest BCUT2D eigenvalue weighted by Crippen LogP contribution is 2.32. The lowest BCUT2D eigenvalue weighted by Gasteiger charge is -2.26. The van der Waals surface area contributed by atoms with Crippen LogP contribution < -0.4 is 11.1 Å². The van der Waals surface area contributed by atoms with E-state index >= 15 is 0 Å². The van der Waals surface area contributed by atoms with E-state index in [9.17, 15) is 0 Å². The summed E-state index contributed by atoms with van der Waals surface area (Å²) in [4.78, 5) is 4.20. The molecule has 84 valence electrons. The highest BCUT2D eigenvalue weighted by Gasteiger charge is 2.29. The molecule has 1 saturated carbocycles. The molecule has 0 atom stereocenters. The van der Waals surface area contributed by atoms with Crippen molar-refractivity contribution in [1.82, 2.24) is 4.98 Å². The number of nitrogens with two attached hydrogens (primary N) is 1. The molecular weight excluding hydrogens is 200 g/mol. The van der Waals surface area contributed by atoms with Crippen LogP contribution in [-0.4, -0.2) is 10.5 Å². The SMILES string of the molecule is CC1(Nc2ncc(N)cc2C#N)CCCC1. The molecule has 1 aromatic heterocycles. The first kappa shape index (κ1) is 10.7. The molecule has 0 bridgehead atoms. The molecule has 1 aromatic rings. The van der Waals surface area contributed by atoms with Crippen LogP contribution in [0.1, 0.15) is 38.2 Å². The normalized spacial score (nSPS) is 18.0. The van der Waals surface area contributed by atoms with Gasteiger partial charge in [0.15, 0.2) is 0 Å². The highest BCUT2D eigenvalue weighted by atomic mass is 15.1. The first-order valence-electron chi connectivity index (χ1n) is 5.57. The molecule has 0 saturated heterocycles. The monoisotopic (exact) mass is 216 g/mol. The summed E-state index contributed by atoms with van der Waals surface area (Å²) in [5.74, 6) is 0.654. The van der Waals surface area contributed by atoms with Crippen molar-refractivity contribution in [2.75, 3.05) is 11.1 Å². The van der Waals surface area contributed by atoms with Gasteiger partial charge in [0.25, 0.3) is 0 Å². The van der Waals surface area contributed by atoms with Crippen molar-refractivity contribution < 1.29 is 0 Å². The number of pyridine rings is 1. The molecule has 2 rings (SSSR count). The number of aromatic nitrogens is 1. The van der Waals surface area contributed by atoms with Gasteiger partial charge in [-0.25, -0.2) is 4.98 Å². The van der Waals surface area contributed by atoms with Crippen molar-refractivity contribution in [3.8, 4) is 6.07 Å². The Labute approximate surface area is 95.5 Å². The predicted octanol–water partition coefficient (Wildman–Crippen LogP) is 2.28. The van der Waals surface area contributed by atoms with Gasteiger partial charge in [0, 0.05) is 5.54 Å². The molecule has 1 aliphatic carbocycles. The van der Waals surface area contributed by atoms with E-state index in [-0.39, 0.29) is 5.54 Å². The largest absolute Gasteiger partial charge is 0.397 e. The molecule has 0 unspecified atom stereocenters. The summed E-state index contributed by atoms with van der Waals surface area (Å²) in [6.45, 7) is 2.18. The molecule has 0 amide bonds. The smallest absolute Gasteiger partial charge is 0.144 e. The summed E-state index contributed by atoms with van der Waals surface area (Å²) in [6.07, 6.45) is 6.32. The Balaban J connectivity index is 2.24. The second-order valence-electron chi connectivity index (χ2n) is 4.67. The Morgan fingerprint density at radius 1 is 1.50 bits per heavy atom. The van der Waals surface area contributed by atoms with E-state index < -0.39 is 0 Å². The number of nitrogens with one attached hydrogen (secondary N) is 1. The molecule has 4 heteroatoms. The molecule has 3 N–H and O–H groups in total. The maximum atomic E-state index is 9.02. The number of hydrogen-bond donors (Lipinski definition) is 2. The highest BCUT2D eigenvalue weighted by molar-refractivity contribution is 5.58. The van der Waals surface area contributed by atoms with Crippen molar-refractivity contribution in [1.29, 1.82) is 5.26 Å². The molecule has 0 spiro atoms. The Hall–Kier alpha value is -1.76. The molecule has 0 radical (unpaired) electrons. The minimum absolute atomic E-state index is 0.0781. The van der Waals surface area contributed by atoms with E-state index in [1.165, 1.54) is 12.8 Å². The maximum Gasteiger partial charge on any atom is 0.144 e. The Kier molecular flexibility index (Phi) is 2.69. The Bertz CT molecular complexity index is 427. The van der Waals surface area contributed by atoms with Crippen LogP contribution in [0.15, 0.2) is 12.3 Å². The predicted molar refractivity (Wildman–Crippen MR) is 63.9 cm³/mol. The summed E-state index contributed by atoms with van der Waals surface area (Å²) in [5, 5.41) is 12.4. The Morgan fingerprint density at radius 2 is 2.19 bits per heavy atom. The summed E-state index contributed by atoms with van der Waals surface area (Å²) in [7, 11) is 0. The Morgan fingerprint density at radius 3 is 2.81 bits per heavy atom. The van der Waals surface area contributed by atoms with Crippen LogP contribution in [0.2, 0.25) is 0 Å². The third-order valence-electron chi connectivity index (χ3n) is 3.16. The van der Waals surface area contributed by atoms with Crippen LogP contribution in [-0.2, 0) is 0 Å². The lowest BCUT2D eigenvalue weighted by Crippen LogP contribution is -2.31. The summed E-state index contributed by atoms with van der Waals surface area (Å²) >= 11 is 0. The van der Waals surface area contributed by atoms with Gasteiger partial charge in [0.05, 0.1) is 17.4 Å². The van der Waals surface area contributed by atoms with Crippen LogP contribution in [0, 0.1) is 11.3 Å². The van der Waals surface area contributed by atoms with E-state index in [4.69, 9.17) is 11.0 Å². The van der Waals surface area contributed by atoms with E-state index in [1.807, 2.05) is 0 Å². The fourth-order valence-corrected chi connectivity index (χ4v) is 2.23. The van der Waals surface area contributed by atoms with E-state index in [2.05, 4.69) is 23.3 Å². The van der Waals surface area contributed by atoms with E-state index in [0.29, 0.717) is 17.1 Å². The van der Waals surface area contributed by atoms with Gasteiger partial charge in [-0.1, -0.05) is 12.8 Å². The zero-order valence-corrected chi connectivity index (χ0v) is 9.45. The second-order valence-corrected chi connectivity index (χ2v) is 4.67. The fraction of sp³-hybridized carbons (Fsp3) is 0.500. The second kappa shape index (κ2) is 4.01. The average molecular weight is 216 g/mol. The van der Waals surface area contributed by atoms with Gasteiger partial charge in [0.2, 0.25) is 0 Å². The third-order valence-corrected chi connectivity index (χ3v) is 3.16. The average Bonchev–Trinajstić information content (AvgIpc) is 2.68. The third kappa shape index (κ3) is 2.08. The van der Waals surface area contributed by atoms with Crippen molar-refractivity contribution in [3.05, 3.63) is 17.8 Å². The fourth-order valence-electron chi connectivity index (χ4n) is 2.23. The summed E-state index contributed by atoms with van der Waals surface area (Å²) < 4.78 is 0. The summed E-state index contributed by atoms with van der Waals surface area (Å²) in [6, 6.07) is 3.78. The molecule has 0 aromatic carbocycles. The van der Waals surface area contributed by atoms with Crippen molar-refractivity contribution in [2.24, 2.45) is 0 Å². The first-order valence-corrected chi connectivity index (χ1v) is 5.57. The van der Waals surface area contributed by atoms with Gasteiger partial charge in [-0.05, 0) is 25.8 Å². The van der Waals surface area contributed by atoms with Crippen LogP contribution in [0.4, 0.5) is 11.5 Å². The van der Waals surface area contributed by atoms with Crippen molar-refractivity contribution in [2.45, 2.75) is 38.1 Å². The summed E-state index contributed by atoms with van der Waals surface area (Å²) in [5.41, 5.74) is 6.73. The first-order chi connectivity index (χ1) is 7.63. The number of nitrogen functional groups attached to an aromatic ring is 1.